The maximum absolute atomic E-state index is 13.9. The van der Waals surface area contributed by atoms with Crippen molar-refractivity contribution in [1.29, 1.82) is 0 Å². The van der Waals surface area contributed by atoms with Crippen LogP contribution < -0.4 is 9.80 Å². The van der Waals surface area contributed by atoms with Crippen LogP contribution in [0.1, 0.15) is 35.3 Å². The molecule has 7 heteroatoms. The summed E-state index contributed by atoms with van der Waals surface area (Å²) in [6.07, 6.45) is 3.64. The molecule has 0 aliphatic carbocycles. The number of hydrogen-bond acceptors (Lipinski definition) is 5. The number of aromatic nitrogens is 2. The van der Waals surface area contributed by atoms with Crippen LogP contribution in [0.4, 0.5) is 16.2 Å². The summed E-state index contributed by atoms with van der Waals surface area (Å²) < 4.78 is 13.9. The monoisotopic (exact) mass is 383 g/mol. The second-order valence-electron chi connectivity index (χ2n) is 7.47. The highest BCUT2D eigenvalue weighted by Gasteiger charge is 2.25. The number of hydrogen-bond donors (Lipinski definition) is 0. The average molecular weight is 383 g/mol. The molecule has 3 heterocycles. The second kappa shape index (κ2) is 8.12. The Kier molecular flexibility index (Phi) is 5.41. The molecule has 148 valence electrons. The molecule has 0 radical (unpaired) electrons. The summed E-state index contributed by atoms with van der Waals surface area (Å²) in [5, 5.41) is 0. The Balaban J connectivity index is 1.44. The maximum Gasteiger partial charge on any atom is 0.256 e. The van der Waals surface area contributed by atoms with Gasteiger partial charge in [-0.05, 0) is 38.3 Å². The number of anilines is 2. The van der Waals surface area contributed by atoms with Crippen molar-refractivity contribution in [3.8, 4) is 0 Å². The van der Waals surface area contributed by atoms with Gasteiger partial charge in [-0.2, -0.15) is 4.98 Å². The summed E-state index contributed by atoms with van der Waals surface area (Å²) in [4.78, 5) is 28.2. The predicted octanol–water partition coefficient (Wildman–Crippen LogP) is 2.88. The molecule has 1 amide bonds. The third-order valence-corrected chi connectivity index (χ3v) is 5.46. The first-order valence-electron chi connectivity index (χ1n) is 10.0. The standard InChI is InChI=1S/C21H26FN5O/c1-16-15-19(24-21(23-16)27-9-5-2-6-10-27)25-11-13-26(14-12-25)20(28)17-7-3-4-8-18(17)22/h3-4,7-8,15H,2,5-6,9-14H2,1H3. The molecule has 0 N–H and O–H groups in total. The minimum atomic E-state index is -0.465. The Labute approximate surface area is 165 Å². The van der Waals surface area contributed by atoms with Crippen LogP contribution in [0.2, 0.25) is 0 Å². The molecule has 2 aliphatic rings. The smallest absolute Gasteiger partial charge is 0.256 e. The van der Waals surface area contributed by atoms with Crippen LogP contribution in [0.5, 0.6) is 0 Å². The van der Waals surface area contributed by atoms with Crippen molar-refractivity contribution in [1.82, 2.24) is 14.9 Å². The number of rotatable bonds is 3. The van der Waals surface area contributed by atoms with Crippen molar-refractivity contribution < 1.29 is 9.18 Å². The topological polar surface area (TPSA) is 52.6 Å². The zero-order valence-electron chi connectivity index (χ0n) is 16.3. The van der Waals surface area contributed by atoms with Crippen LogP contribution in [0.15, 0.2) is 30.3 Å². The van der Waals surface area contributed by atoms with Crippen LogP contribution in [0.3, 0.4) is 0 Å². The van der Waals surface area contributed by atoms with Gasteiger partial charge >= 0.3 is 0 Å². The van der Waals surface area contributed by atoms with Crippen molar-refractivity contribution in [3.05, 3.63) is 47.4 Å². The van der Waals surface area contributed by atoms with Crippen molar-refractivity contribution >= 4 is 17.7 Å². The van der Waals surface area contributed by atoms with Gasteiger partial charge in [0.05, 0.1) is 5.56 Å². The van der Waals surface area contributed by atoms with Gasteiger partial charge in [0.25, 0.3) is 5.91 Å². The van der Waals surface area contributed by atoms with Crippen molar-refractivity contribution in [2.24, 2.45) is 0 Å². The van der Waals surface area contributed by atoms with Gasteiger partial charge in [-0.25, -0.2) is 9.37 Å². The fourth-order valence-corrected chi connectivity index (χ4v) is 3.88. The van der Waals surface area contributed by atoms with Gasteiger partial charge in [0.15, 0.2) is 0 Å². The molecule has 0 bridgehead atoms. The van der Waals surface area contributed by atoms with Gasteiger partial charge in [0.2, 0.25) is 5.95 Å². The number of carbonyl (C=O) groups excluding carboxylic acids is 1. The van der Waals surface area contributed by atoms with E-state index in [-0.39, 0.29) is 11.5 Å². The number of nitrogens with zero attached hydrogens (tertiary/aromatic N) is 5. The summed E-state index contributed by atoms with van der Waals surface area (Å²) in [7, 11) is 0. The van der Waals surface area contributed by atoms with Crippen LogP contribution in [-0.4, -0.2) is 60.0 Å². The summed E-state index contributed by atoms with van der Waals surface area (Å²) in [6, 6.07) is 8.17. The minimum Gasteiger partial charge on any atom is -0.353 e. The summed E-state index contributed by atoms with van der Waals surface area (Å²) in [6.45, 7) is 6.47. The first-order chi connectivity index (χ1) is 13.6. The van der Waals surface area contributed by atoms with E-state index in [1.807, 2.05) is 13.0 Å². The lowest BCUT2D eigenvalue weighted by Crippen LogP contribution is -2.49. The van der Waals surface area contributed by atoms with E-state index in [9.17, 15) is 9.18 Å². The maximum atomic E-state index is 13.9. The Morgan fingerprint density at radius 2 is 1.64 bits per heavy atom. The van der Waals surface area contributed by atoms with Crippen LogP contribution >= 0.6 is 0 Å². The number of carbonyl (C=O) groups is 1. The SMILES string of the molecule is Cc1cc(N2CCN(C(=O)c3ccccc3F)CC2)nc(N2CCCCC2)n1. The molecule has 1 aromatic heterocycles. The second-order valence-corrected chi connectivity index (χ2v) is 7.47. The van der Waals surface area contributed by atoms with E-state index in [4.69, 9.17) is 4.98 Å². The van der Waals surface area contributed by atoms with Crippen LogP contribution in [0, 0.1) is 12.7 Å². The molecule has 2 saturated heterocycles. The highest BCUT2D eigenvalue weighted by atomic mass is 19.1. The molecular formula is C21H26FN5O. The van der Waals surface area contributed by atoms with E-state index in [1.165, 1.54) is 25.3 Å². The molecule has 2 aliphatic heterocycles. The lowest BCUT2D eigenvalue weighted by Gasteiger charge is -2.36. The highest BCUT2D eigenvalue weighted by molar-refractivity contribution is 5.94. The number of amides is 1. The highest BCUT2D eigenvalue weighted by Crippen LogP contribution is 2.22. The lowest BCUT2D eigenvalue weighted by molar-refractivity contribution is 0.0742. The molecule has 28 heavy (non-hydrogen) atoms. The molecular weight excluding hydrogens is 357 g/mol. The number of halogens is 1. The third kappa shape index (κ3) is 3.93. The normalized spacial score (nSPS) is 17.7. The van der Waals surface area contributed by atoms with E-state index in [0.717, 1.165) is 30.5 Å². The van der Waals surface area contributed by atoms with E-state index in [0.29, 0.717) is 26.2 Å². The summed E-state index contributed by atoms with van der Waals surface area (Å²) in [5.74, 6) is 1.00. The Morgan fingerprint density at radius 1 is 0.929 bits per heavy atom. The number of benzene rings is 1. The molecule has 0 unspecified atom stereocenters. The van der Waals surface area contributed by atoms with Gasteiger partial charge in [-0.15, -0.1) is 0 Å². The first kappa shape index (κ1) is 18.7. The van der Waals surface area contributed by atoms with Gasteiger partial charge in [-0.1, -0.05) is 12.1 Å². The van der Waals surface area contributed by atoms with E-state index >= 15 is 0 Å². The Bertz CT molecular complexity index is 844. The molecule has 0 saturated carbocycles. The van der Waals surface area contributed by atoms with Crippen LogP contribution in [0.25, 0.3) is 0 Å². The van der Waals surface area contributed by atoms with E-state index in [2.05, 4.69) is 14.8 Å². The zero-order valence-corrected chi connectivity index (χ0v) is 16.3. The predicted molar refractivity (Wildman–Crippen MR) is 107 cm³/mol. The molecule has 1 aromatic carbocycles. The molecule has 0 atom stereocenters. The Morgan fingerprint density at radius 3 is 2.36 bits per heavy atom. The summed E-state index contributed by atoms with van der Waals surface area (Å²) in [5.41, 5.74) is 1.09. The average Bonchev–Trinajstić information content (AvgIpc) is 2.74. The molecule has 6 nitrogen and oxygen atoms in total. The fraction of sp³-hybridized carbons (Fsp3) is 0.476. The lowest BCUT2D eigenvalue weighted by atomic mass is 10.1. The number of piperazine rings is 1. The zero-order chi connectivity index (χ0) is 19.5. The first-order valence-corrected chi connectivity index (χ1v) is 10.0. The van der Waals surface area contributed by atoms with E-state index < -0.39 is 5.82 Å². The summed E-state index contributed by atoms with van der Waals surface area (Å²) >= 11 is 0. The van der Waals surface area contributed by atoms with Gasteiger partial charge < -0.3 is 14.7 Å². The third-order valence-electron chi connectivity index (χ3n) is 5.46. The van der Waals surface area contributed by atoms with Crippen LogP contribution in [-0.2, 0) is 0 Å². The van der Waals surface area contributed by atoms with Crippen molar-refractivity contribution in [2.45, 2.75) is 26.2 Å². The van der Waals surface area contributed by atoms with Crippen molar-refractivity contribution in [3.63, 3.8) is 0 Å². The van der Waals surface area contributed by atoms with Crippen molar-refractivity contribution in [2.75, 3.05) is 49.1 Å². The molecule has 2 aromatic rings. The minimum absolute atomic E-state index is 0.140. The number of aryl methyl sites for hydroxylation is 1. The molecule has 2 fully saturated rings. The Hall–Kier alpha value is -2.70. The fourth-order valence-electron chi connectivity index (χ4n) is 3.88. The van der Waals surface area contributed by atoms with Gasteiger partial charge in [-0.3, -0.25) is 4.79 Å². The quantitative estimate of drug-likeness (QED) is 0.816. The molecule has 4 rings (SSSR count). The molecule has 0 spiro atoms. The van der Waals surface area contributed by atoms with E-state index in [1.54, 1.807) is 23.1 Å². The van der Waals surface area contributed by atoms with Gasteiger partial charge in [0.1, 0.15) is 11.6 Å². The van der Waals surface area contributed by atoms with Gasteiger partial charge in [0, 0.05) is 51.0 Å². The largest absolute Gasteiger partial charge is 0.353 e. The number of piperidine rings is 1.